The van der Waals surface area contributed by atoms with Gasteiger partial charge in [0.05, 0.1) is 13.2 Å². The van der Waals surface area contributed by atoms with E-state index in [0.29, 0.717) is 17.9 Å². The molecule has 0 bridgehead atoms. The van der Waals surface area contributed by atoms with Crippen molar-refractivity contribution in [2.24, 2.45) is 0 Å². The van der Waals surface area contributed by atoms with E-state index in [1.165, 1.54) is 12.3 Å². The number of nitrogens with one attached hydrogen (secondary N) is 2. The SMILES string of the molecule is CCCOc1c[nH]c(CN2C(=O)NC(C)(c3ccc(C(C)(C)C)cc3)C2=O)cc1=O. The van der Waals surface area contributed by atoms with Crippen molar-refractivity contribution in [1.29, 1.82) is 0 Å². The standard InChI is InChI=1S/C23H29N3O4/c1-6-11-30-19-13-24-17(12-18(19)27)14-26-20(28)23(5,25-21(26)29)16-9-7-15(8-10-16)22(2,3)4/h7-10,12-13H,6,11,14H2,1-5H3,(H,24,27)(H,25,29). The molecule has 1 unspecified atom stereocenters. The lowest BCUT2D eigenvalue weighted by atomic mass is 9.84. The lowest BCUT2D eigenvalue weighted by Crippen LogP contribution is -2.40. The average Bonchev–Trinajstić information content (AvgIpc) is 2.91. The van der Waals surface area contributed by atoms with Gasteiger partial charge in [0.2, 0.25) is 5.43 Å². The zero-order valence-corrected chi connectivity index (χ0v) is 18.2. The van der Waals surface area contributed by atoms with Crippen molar-refractivity contribution in [1.82, 2.24) is 15.2 Å². The largest absolute Gasteiger partial charge is 0.488 e. The molecule has 7 heteroatoms. The zero-order chi connectivity index (χ0) is 22.1. The second-order valence-electron chi connectivity index (χ2n) is 8.81. The molecule has 1 fully saturated rings. The van der Waals surface area contributed by atoms with Crippen molar-refractivity contribution in [3.8, 4) is 5.75 Å². The van der Waals surface area contributed by atoms with E-state index in [1.54, 1.807) is 6.92 Å². The van der Waals surface area contributed by atoms with E-state index < -0.39 is 11.6 Å². The second-order valence-corrected chi connectivity index (χ2v) is 8.81. The molecule has 1 saturated heterocycles. The Balaban J connectivity index is 1.80. The number of rotatable bonds is 6. The van der Waals surface area contributed by atoms with Gasteiger partial charge < -0.3 is 15.0 Å². The Morgan fingerprint density at radius 2 is 1.77 bits per heavy atom. The molecule has 160 valence electrons. The Kier molecular flexibility index (Phi) is 5.74. The van der Waals surface area contributed by atoms with Crippen molar-refractivity contribution in [3.63, 3.8) is 0 Å². The number of H-pyrrole nitrogens is 1. The summed E-state index contributed by atoms with van der Waals surface area (Å²) in [5.74, 6) is -0.134. The molecular weight excluding hydrogens is 382 g/mol. The predicted molar refractivity (Wildman–Crippen MR) is 114 cm³/mol. The number of nitrogens with zero attached hydrogens (tertiary/aromatic N) is 1. The molecule has 7 nitrogen and oxygen atoms in total. The number of carbonyl (C=O) groups excluding carboxylic acids is 2. The highest BCUT2D eigenvalue weighted by molar-refractivity contribution is 6.07. The third-order valence-corrected chi connectivity index (χ3v) is 5.33. The number of carbonyl (C=O) groups is 2. The van der Waals surface area contributed by atoms with Crippen molar-refractivity contribution in [3.05, 3.63) is 63.6 Å². The van der Waals surface area contributed by atoms with E-state index in [1.807, 2.05) is 31.2 Å². The van der Waals surface area contributed by atoms with E-state index in [9.17, 15) is 14.4 Å². The Morgan fingerprint density at radius 1 is 1.10 bits per heavy atom. The fourth-order valence-electron chi connectivity index (χ4n) is 3.43. The number of aromatic nitrogens is 1. The summed E-state index contributed by atoms with van der Waals surface area (Å²) in [6.07, 6.45) is 2.26. The van der Waals surface area contributed by atoms with Crippen LogP contribution in [-0.2, 0) is 22.3 Å². The lowest BCUT2D eigenvalue weighted by molar-refractivity contribution is -0.131. The fraction of sp³-hybridized carbons (Fsp3) is 0.435. The minimum Gasteiger partial charge on any atom is -0.488 e. The molecule has 2 aromatic rings. The minimum atomic E-state index is -1.15. The second kappa shape index (κ2) is 7.97. The third kappa shape index (κ3) is 4.10. The van der Waals surface area contributed by atoms with Crippen molar-refractivity contribution in [2.75, 3.05) is 6.61 Å². The van der Waals surface area contributed by atoms with Gasteiger partial charge in [0.15, 0.2) is 5.75 Å². The van der Waals surface area contributed by atoms with Crippen LogP contribution in [0.15, 0.2) is 41.3 Å². The van der Waals surface area contributed by atoms with E-state index in [0.717, 1.165) is 16.9 Å². The summed E-state index contributed by atoms with van der Waals surface area (Å²) >= 11 is 0. The third-order valence-electron chi connectivity index (χ3n) is 5.33. The molecule has 0 radical (unpaired) electrons. The van der Waals surface area contributed by atoms with Gasteiger partial charge >= 0.3 is 6.03 Å². The quantitative estimate of drug-likeness (QED) is 0.713. The minimum absolute atomic E-state index is 0.00667. The number of pyridine rings is 1. The van der Waals surface area contributed by atoms with Crippen LogP contribution in [0.5, 0.6) is 5.75 Å². The van der Waals surface area contributed by atoms with Crippen LogP contribution in [-0.4, -0.2) is 28.4 Å². The molecule has 0 spiro atoms. The molecule has 1 atom stereocenters. The first-order chi connectivity index (χ1) is 14.1. The molecule has 2 N–H and O–H groups in total. The Hall–Kier alpha value is -3.09. The van der Waals surface area contributed by atoms with Gasteiger partial charge in [-0.1, -0.05) is 52.0 Å². The highest BCUT2D eigenvalue weighted by Gasteiger charge is 2.49. The maximum Gasteiger partial charge on any atom is 0.325 e. The average molecular weight is 412 g/mol. The van der Waals surface area contributed by atoms with Crippen LogP contribution in [0.25, 0.3) is 0 Å². The van der Waals surface area contributed by atoms with Crippen molar-refractivity contribution < 1.29 is 14.3 Å². The molecular formula is C23H29N3O4. The molecule has 2 heterocycles. The fourth-order valence-corrected chi connectivity index (χ4v) is 3.43. The maximum atomic E-state index is 13.1. The molecule has 30 heavy (non-hydrogen) atoms. The van der Waals surface area contributed by atoms with Crippen LogP contribution in [0.3, 0.4) is 0 Å². The number of benzene rings is 1. The highest BCUT2D eigenvalue weighted by atomic mass is 16.5. The van der Waals surface area contributed by atoms with Gasteiger partial charge in [-0.15, -0.1) is 0 Å². The molecule has 0 aliphatic carbocycles. The molecule has 3 amide bonds. The van der Waals surface area contributed by atoms with Gasteiger partial charge in [0.25, 0.3) is 5.91 Å². The highest BCUT2D eigenvalue weighted by Crippen LogP contribution is 2.31. The number of hydrogen-bond donors (Lipinski definition) is 2. The number of imide groups is 1. The topological polar surface area (TPSA) is 91.5 Å². The van der Waals surface area contributed by atoms with Crippen molar-refractivity contribution in [2.45, 2.75) is 58.5 Å². The van der Waals surface area contributed by atoms with E-state index in [-0.39, 0.29) is 29.0 Å². The van der Waals surface area contributed by atoms with E-state index >= 15 is 0 Å². The van der Waals surface area contributed by atoms with Crippen LogP contribution in [0.1, 0.15) is 57.9 Å². The molecule has 3 rings (SSSR count). The maximum absolute atomic E-state index is 13.1. The van der Waals surface area contributed by atoms with Gasteiger partial charge in [-0.25, -0.2) is 4.79 Å². The summed E-state index contributed by atoms with van der Waals surface area (Å²) in [5, 5.41) is 2.80. The van der Waals surface area contributed by atoms with Crippen LogP contribution >= 0.6 is 0 Å². The number of hydrogen-bond acceptors (Lipinski definition) is 4. The van der Waals surface area contributed by atoms with Crippen LogP contribution in [0.4, 0.5) is 4.79 Å². The summed E-state index contributed by atoms with van der Waals surface area (Å²) in [7, 11) is 0. The summed E-state index contributed by atoms with van der Waals surface area (Å²) in [6.45, 7) is 10.4. The Bertz CT molecular complexity index is 1000. The molecule has 1 aliphatic rings. The molecule has 1 aromatic carbocycles. The van der Waals surface area contributed by atoms with Gasteiger partial charge in [-0.3, -0.25) is 14.5 Å². The lowest BCUT2D eigenvalue weighted by Gasteiger charge is -2.24. The number of urea groups is 1. The number of amides is 3. The monoisotopic (exact) mass is 411 g/mol. The summed E-state index contributed by atoms with van der Waals surface area (Å²) in [4.78, 5) is 42.0. The number of aromatic amines is 1. The normalized spacial score (nSPS) is 19.2. The van der Waals surface area contributed by atoms with Crippen LogP contribution in [0.2, 0.25) is 0 Å². The van der Waals surface area contributed by atoms with Crippen LogP contribution < -0.4 is 15.5 Å². The first-order valence-corrected chi connectivity index (χ1v) is 10.2. The van der Waals surface area contributed by atoms with E-state index in [2.05, 4.69) is 31.1 Å². The first-order valence-electron chi connectivity index (χ1n) is 10.2. The van der Waals surface area contributed by atoms with Gasteiger partial charge in [0, 0.05) is 18.0 Å². The summed E-state index contributed by atoms with van der Waals surface area (Å²) in [6, 6.07) is 8.59. The number of ether oxygens (including phenoxy) is 1. The van der Waals surface area contributed by atoms with Gasteiger partial charge in [-0.2, -0.15) is 0 Å². The molecule has 1 aromatic heterocycles. The predicted octanol–water partition coefficient (Wildman–Crippen LogP) is 3.43. The summed E-state index contributed by atoms with van der Waals surface area (Å²) in [5.41, 5.74) is 0.870. The van der Waals surface area contributed by atoms with Gasteiger partial charge in [-0.05, 0) is 29.9 Å². The van der Waals surface area contributed by atoms with E-state index in [4.69, 9.17) is 4.74 Å². The smallest absolute Gasteiger partial charge is 0.325 e. The van der Waals surface area contributed by atoms with Crippen molar-refractivity contribution >= 4 is 11.9 Å². The zero-order valence-electron chi connectivity index (χ0n) is 18.2. The van der Waals surface area contributed by atoms with Gasteiger partial charge in [0.1, 0.15) is 5.54 Å². The first kappa shape index (κ1) is 21.6. The summed E-state index contributed by atoms with van der Waals surface area (Å²) < 4.78 is 5.37. The molecule has 0 saturated carbocycles. The molecule has 1 aliphatic heterocycles. The Morgan fingerprint density at radius 3 is 2.33 bits per heavy atom. The Labute approximate surface area is 176 Å². The van der Waals surface area contributed by atoms with Crippen LogP contribution in [0, 0.1) is 0 Å².